The number of nitrogens with zero attached hydrogens (tertiary/aromatic N) is 2. The lowest BCUT2D eigenvalue weighted by Crippen LogP contribution is -2.50. The Bertz CT molecular complexity index is 418. The van der Waals surface area contributed by atoms with E-state index in [1.54, 1.807) is 11.8 Å². The third kappa shape index (κ3) is 3.46. The number of hydrogen-bond donors (Lipinski definition) is 1. The van der Waals surface area contributed by atoms with E-state index in [-0.39, 0.29) is 17.9 Å². The summed E-state index contributed by atoms with van der Waals surface area (Å²) in [5, 5.41) is 9.13. The molecule has 118 valence electrons. The summed E-state index contributed by atoms with van der Waals surface area (Å²) < 4.78 is 4.99. The van der Waals surface area contributed by atoms with Gasteiger partial charge in [-0.25, -0.2) is 9.59 Å². The van der Waals surface area contributed by atoms with Crippen molar-refractivity contribution in [2.45, 2.75) is 38.6 Å². The standard InChI is InChI=1S/C14H22N2O5/c1-2-21-13(19)10-5-8-15(9-6-10)14(20)16-7-3-4-11(16)12(17)18/h10-11H,2-9H2,1H3,(H,17,18)/t11-/m1/s1. The molecule has 2 aliphatic heterocycles. The topological polar surface area (TPSA) is 87.2 Å². The fourth-order valence-electron chi connectivity index (χ4n) is 3.00. The van der Waals surface area contributed by atoms with Crippen LogP contribution < -0.4 is 0 Å². The smallest absolute Gasteiger partial charge is 0.326 e. The van der Waals surface area contributed by atoms with Crippen LogP contribution in [0.25, 0.3) is 0 Å². The molecule has 2 amide bonds. The second kappa shape index (κ2) is 6.78. The van der Waals surface area contributed by atoms with Crippen molar-refractivity contribution < 1.29 is 24.2 Å². The van der Waals surface area contributed by atoms with E-state index in [9.17, 15) is 14.4 Å². The maximum absolute atomic E-state index is 12.4. The Morgan fingerprint density at radius 1 is 1.14 bits per heavy atom. The largest absolute Gasteiger partial charge is 0.480 e. The van der Waals surface area contributed by atoms with E-state index in [4.69, 9.17) is 9.84 Å². The molecule has 0 spiro atoms. The van der Waals surface area contributed by atoms with Crippen molar-refractivity contribution in [3.8, 4) is 0 Å². The number of ether oxygens (including phenoxy) is 1. The molecule has 2 heterocycles. The Labute approximate surface area is 123 Å². The minimum Gasteiger partial charge on any atom is -0.480 e. The summed E-state index contributed by atoms with van der Waals surface area (Å²) in [6.07, 6.45) is 2.40. The molecule has 0 unspecified atom stereocenters. The molecule has 1 atom stereocenters. The molecule has 7 nitrogen and oxygen atoms in total. The average molecular weight is 298 g/mol. The molecule has 0 aromatic heterocycles. The number of urea groups is 1. The number of carbonyl (C=O) groups is 3. The van der Waals surface area contributed by atoms with Crippen molar-refractivity contribution in [3.05, 3.63) is 0 Å². The van der Waals surface area contributed by atoms with Crippen LogP contribution >= 0.6 is 0 Å². The zero-order chi connectivity index (χ0) is 15.4. The van der Waals surface area contributed by atoms with Crippen molar-refractivity contribution in [2.24, 2.45) is 5.92 Å². The minimum atomic E-state index is -0.942. The van der Waals surface area contributed by atoms with Gasteiger partial charge in [-0.1, -0.05) is 0 Å². The molecule has 0 bridgehead atoms. The first-order valence-electron chi connectivity index (χ1n) is 7.49. The lowest BCUT2D eigenvalue weighted by Gasteiger charge is -2.34. The van der Waals surface area contributed by atoms with E-state index >= 15 is 0 Å². The average Bonchev–Trinajstić information content (AvgIpc) is 2.96. The lowest BCUT2D eigenvalue weighted by molar-refractivity contribution is -0.149. The van der Waals surface area contributed by atoms with Gasteiger partial charge in [-0.05, 0) is 32.6 Å². The summed E-state index contributed by atoms with van der Waals surface area (Å²) >= 11 is 0. The number of carboxylic acids is 1. The molecule has 2 aliphatic rings. The number of amides is 2. The maximum atomic E-state index is 12.4. The van der Waals surface area contributed by atoms with Gasteiger partial charge in [-0.2, -0.15) is 0 Å². The summed E-state index contributed by atoms with van der Waals surface area (Å²) in [4.78, 5) is 38.3. The zero-order valence-electron chi connectivity index (χ0n) is 12.3. The first-order valence-corrected chi connectivity index (χ1v) is 7.49. The highest BCUT2D eigenvalue weighted by molar-refractivity contribution is 5.83. The fourth-order valence-corrected chi connectivity index (χ4v) is 3.00. The van der Waals surface area contributed by atoms with Crippen molar-refractivity contribution >= 4 is 18.0 Å². The fraction of sp³-hybridized carbons (Fsp3) is 0.786. The second-order valence-corrected chi connectivity index (χ2v) is 5.49. The molecule has 0 saturated carbocycles. The highest BCUT2D eigenvalue weighted by Crippen LogP contribution is 2.23. The van der Waals surface area contributed by atoms with Crippen LogP contribution in [0.5, 0.6) is 0 Å². The van der Waals surface area contributed by atoms with Gasteiger partial charge in [-0.15, -0.1) is 0 Å². The Kier molecular flexibility index (Phi) is 5.03. The third-order valence-corrected chi connectivity index (χ3v) is 4.17. The van der Waals surface area contributed by atoms with Crippen LogP contribution in [-0.2, 0) is 14.3 Å². The normalized spacial score (nSPS) is 23.2. The van der Waals surface area contributed by atoms with Gasteiger partial charge in [0.1, 0.15) is 6.04 Å². The molecule has 0 radical (unpaired) electrons. The Hall–Kier alpha value is -1.79. The predicted octanol–water partition coefficient (Wildman–Crippen LogP) is 0.930. The molecule has 7 heteroatoms. The van der Waals surface area contributed by atoms with Crippen molar-refractivity contribution in [1.82, 2.24) is 9.80 Å². The highest BCUT2D eigenvalue weighted by Gasteiger charge is 2.37. The van der Waals surface area contributed by atoms with Crippen LogP contribution in [0.2, 0.25) is 0 Å². The summed E-state index contributed by atoms with van der Waals surface area (Å²) in [6, 6.07) is -0.928. The van der Waals surface area contributed by atoms with Crippen LogP contribution in [0.3, 0.4) is 0 Å². The number of piperidine rings is 1. The number of carboxylic acid groups (broad SMARTS) is 1. The number of rotatable bonds is 3. The molecular weight excluding hydrogens is 276 g/mol. The van der Waals surface area contributed by atoms with E-state index < -0.39 is 12.0 Å². The van der Waals surface area contributed by atoms with E-state index in [1.807, 2.05) is 0 Å². The van der Waals surface area contributed by atoms with E-state index in [1.165, 1.54) is 4.90 Å². The quantitative estimate of drug-likeness (QED) is 0.783. The molecule has 0 aromatic carbocycles. The van der Waals surface area contributed by atoms with Gasteiger partial charge in [0.15, 0.2) is 0 Å². The van der Waals surface area contributed by atoms with E-state index in [0.29, 0.717) is 45.5 Å². The van der Waals surface area contributed by atoms with Crippen LogP contribution in [0.1, 0.15) is 32.6 Å². The third-order valence-electron chi connectivity index (χ3n) is 4.17. The molecule has 0 aliphatic carbocycles. The van der Waals surface area contributed by atoms with Gasteiger partial charge in [0.2, 0.25) is 0 Å². The number of esters is 1. The maximum Gasteiger partial charge on any atom is 0.326 e. The van der Waals surface area contributed by atoms with Gasteiger partial charge in [0.05, 0.1) is 12.5 Å². The molecule has 2 fully saturated rings. The second-order valence-electron chi connectivity index (χ2n) is 5.49. The number of carbonyl (C=O) groups excluding carboxylic acids is 2. The van der Waals surface area contributed by atoms with Crippen molar-refractivity contribution in [1.29, 1.82) is 0 Å². The molecule has 1 N–H and O–H groups in total. The predicted molar refractivity (Wildman–Crippen MR) is 73.7 cm³/mol. The molecule has 21 heavy (non-hydrogen) atoms. The van der Waals surface area contributed by atoms with Gasteiger partial charge in [0, 0.05) is 19.6 Å². The molecular formula is C14H22N2O5. The summed E-state index contributed by atoms with van der Waals surface area (Å²) in [5.74, 6) is -1.29. The van der Waals surface area contributed by atoms with E-state index in [2.05, 4.69) is 0 Å². The Morgan fingerprint density at radius 2 is 1.81 bits per heavy atom. The minimum absolute atomic E-state index is 0.150. The van der Waals surface area contributed by atoms with E-state index in [0.717, 1.165) is 6.42 Å². The van der Waals surface area contributed by atoms with Gasteiger partial charge in [0.25, 0.3) is 0 Å². The van der Waals surface area contributed by atoms with Gasteiger partial charge in [-0.3, -0.25) is 4.79 Å². The highest BCUT2D eigenvalue weighted by atomic mass is 16.5. The van der Waals surface area contributed by atoms with Crippen molar-refractivity contribution in [2.75, 3.05) is 26.2 Å². The Morgan fingerprint density at radius 3 is 2.38 bits per heavy atom. The van der Waals surface area contributed by atoms with Crippen molar-refractivity contribution in [3.63, 3.8) is 0 Å². The number of hydrogen-bond acceptors (Lipinski definition) is 4. The molecule has 0 aromatic rings. The number of aliphatic carboxylic acids is 1. The number of likely N-dealkylation sites (tertiary alicyclic amines) is 2. The molecule has 2 saturated heterocycles. The first-order chi connectivity index (χ1) is 10.0. The SMILES string of the molecule is CCOC(=O)C1CCN(C(=O)N2CCC[C@@H]2C(=O)O)CC1. The monoisotopic (exact) mass is 298 g/mol. The zero-order valence-corrected chi connectivity index (χ0v) is 12.3. The van der Waals surface area contributed by atoms with Gasteiger partial charge >= 0.3 is 18.0 Å². The van der Waals surface area contributed by atoms with Crippen LogP contribution in [-0.4, -0.2) is 65.2 Å². The summed E-state index contributed by atoms with van der Waals surface area (Å²) in [5.41, 5.74) is 0. The van der Waals surface area contributed by atoms with Crippen LogP contribution in [0.4, 0.5) is 4.79 Å². The molecule has 2 rings (SSSR count). The lowest BCUT2D eigenvalue weighted by atomic mass is 9.97. The van der Waals surface area contributed by atoms with Crippen LogP contribution in [0.15, 0.2) is 0 Å². The summed E-state index contributed by atoms with van der Waals surface area (Å²) in [7, 11) is 0. The Balaban J connectivity index is 1.88. The van der Waals surface area contributed by atoms with Gasteiger partial charge < -0.3 is 19.6 Å². The van der Waals surface area contributed by atoms with Crippen LogP contribution in [0, 0.1) is 5.92 Å². The first kappa shape index (κ1) is 15.6. The summed E-state index contributed by atoms with van der Waals surface area (Å²) in [6.45, 7) is 3.59.